The third-order valence-corrected chi connectivity index (χ3v) is 3.42. The lowest BCUT2D eigenvalue weighted by molar-refractivity contribution is 0.802. The van der Waals surface area contributed by atoms with E-state index >= 15 is 0 Å². The molecule has 0 N–H and O–H groups in total. The average Bonchev–Trinajstić information content (AvgIpc) is 1.62. The predicted molar refractivity (Wildman–Crippen MR) is 50.3 cm³/mol. The molecule has 0 radical (unpaired) electrons. The van der Waals surface area contributed by atoms with Crippen molar-refractivity contribution >= 4 is 23.5 Å². The molecule has 0 heterocycles. The first kappa shape index (κ1) is 9.70. The maximum atomic E-state index is 2.25. The maximum absolute atomic E-state index is 2.25. The summed E-state index contributed by atoms with van der Waals surface area (Å²) in [6.45, 7) is 9.01. The minimum absolute atomic E-state index is 0.419. The van der Waals surface area contributed by atoms with Gasteiger partial charge >= 0.3 is 0 Å². The predicted octanol–water partition coefficient (Wildman–Crippen LogP) is 3.23. The molecule has 0 fully saturated rings. The molecule has 0 rings (SSSR count). The molecule has 0 saturated heterocycles. The van der Waals surface area contributed by atoms with Gasteiger partial charge in [0.1, 0.15) is 0 Å². The lowest BCUT2D eigenvalue weighted by Gasteiger charge is -2.21. The Kier molecular flexibility index (Phi) is 4.06. The standard InChI is InChI=1S/C7H16S2/c1-6(8-5)9-7(2,3)4/h6H,1-5H3. The largest absolute Gasteiger partial charge is 0.151 e. The molecule has 0 aliphatic heterocycles. The molecule has 0 aliphatic carbocycles. The van der Waals surface area contributed by atoms with Crippen molar-refractivity contribution in [3.8, 4) is 0 Å². The van der Waals surface area contributed by atoms with E-state index in [0.717, 1.165) is 4.58 Å². The second kappa shape index (κ2) is 3.77. The Morgan fingerprint density at radius 2 is 1.67 bits per heavy atom. The van der Waals surface area contributed by atoms with Gasteiger partial charge in [-0.2, -0.15) is 11.8 Å². The fraction of sp³-hybridized carbons (Fsp3) is 1.00. The quantitative estimate of drug-likeness (QED) is 0.575. The molecule has 1 atom stereocenters. The van der Waals surface area contributed by atoms with Gasteiger partial charge in [-0.3, -0.25) is 0 Å². The Hall–Kier alpha value is 0.700. The van der Waals surface area contributed by atoms with Gasteiger partial charge in [0.05, 0.1) is 0 Å². The van der Waals surface area contributed by atoms with E-state index in [2.05, 4.69) is 34.0 Å². The molecule has 0 spiro atoms. The van der Waals surface area contributed by atoms with Crippen LogP contribution in [0.25, 0.3) is 0 Å². The number of hydrogen-bond acceptors (Lipinski definition) is 2. The van der Waals surface area contributed by atoms with Crippen LogP contribution in [-0.4, -0.2) is 15.6 Å². The van der Waals surface area contributed by atoms with E-state index in [4.69, 9.17) is 0 Å². The highest BCUT2D eigenvalue weighted by molar-refractivity contribution is 8.17. The van der Waals surface area contributed by atoms with Crippen molar-refractivity contribution in [1.82, 2.24) is 0 Å². The molecule has 0 aliphatic rings. The van der Waals surface area contributed by atoms with Crippen LogP contribution in [0.4, 0.5) is 0 Å². The Morgan fingerprint density at radius 3 is 1.78 bits per heavy atom. The van der Waals surface area contributed by atoms with Crippen molar-refractivity contribution in [3.05, 3.63) is 0 Å². The van der Waals surface area contributed by atoms with Crippen molar-refractivity contribution in [2.24, 2.45) is 0 Å². The molecule has 1 unspecified atom stereocenters. The van der Waals surface area contributed by atoms with Crippen molar-refractivity contribution in [3.63, 3.8) is 0 Å². The molecule has 0 saturated carbocycles. The first-order chi connectivity index (χ1) is 3.95. The van der Waals surface area contributed by atoms with E-state index in [1.165, 1.54) is 0 Å². The van der Waals surface area contributed by atoms with Crippen LogP contribution < -0.4 is 0 Å². The minimum Gasteiger partial charge on any atom is -0.151 e. The second-order valence-electron chi connectivity index (χ2n) is 3.03. The van der Waals surface area contributed by atoms with Crippen LogP contribution in [0.2, 0.25) is 0 Å². The van der Waals surface area contributed by atoms with Gasteiger partial charge in [0.2, 0.25) is 0 Å². The Labute approximate surface area is 67.2 Å². The summed E-state index contributed by atoms with van der Waals surface area (Å²) in [5.74, 6) is 0. The summed E-state index contributed by atoms with van der Waals surface area (Å²) in [6, 6.07) is 0. The van der Waals surface area contributed by atoms with Crippen molar-refractivity contribution < 1.29 is 0 Å². The summed E-state index contributed by atoms with van der Waals surface area (Å²) in [6.07, 6.45) is 2.16. The van der Waals surface area contributed by atoms with E-state index in [1.54, 1.807) is 0 Å². The average molecular weight is 164 g/mol. The number of thioether (sulfide) groups is 2. The fourth-order valence-corrected chi connectivity index (χ4v) is 2.79. The lowest BCUT2D eigenvalue weighted by Crippen LogP contribution is -2.10. The summed E-state index contributed by atoms with van der Waals surface area (Å²) in [5, 5.41) is 0. The first-order valence-corrected chi connectivity index (χ1v) is 5.33. The van der Waals surface area contributed by atoms with Crippen molar-refractivity contribution in [2.45, 2.75) is 37.0 Å². The van der Waals surface area contributed by atoms with Gasteiger partial charge in [-0.25, -0.2) is 0 Å². The zero-order valence-corrected chi connectivity index (χ0v) is 8.53. The van der Waals surface area contributed by atoms with E-state index in [1.807, 2.05) is 23.5 Å². The highest BCUT2D eigenvalue weighted by atomic mass is 32.2. The highest BCUT2D eigenvalue weighted by Crippen LogP contribution is 2.32. The molecule has 56 valence electrons. The summed E-state index contributed by atoms with van der Waals surface area (Å²) in [7, 11) is 0. The summed E-state index contributed by atoms with van der Waals surface area (Å²) in [4.78, 5) is 0. The summed E-state index contributed by atoms with van der Waals surface area (Å²) >= 11 is 3.93. The monoisotopic (exact) mass is 164 g/mol. The van der Waals surface area contributed by atoms with E-state index in [-0.39, 0.29) is 0 Å². The summed E-state index contributed by atoms with van der Waals surface area (Å²) < 4.78 is 1.15. The van der Waals surface area contributed by atoms with Gasteiger partial charge in [0.15, 0.2) is 0 Å². The minimum atomic E-state index is 0.419. The van der Waals surface area contributed by atoms with Crippen LogP contribution >= 0.6 is 23.5 Å². The molecular weight excluding hydrogens is 148 g/mol. The van der Waals surface area contributed by atoms with Crippen LogP contribution in [0.1, 0.15) is 27.7 Å². The van der Waals surface area contributed by atoms with E-state index in [9.17, 15) is 0 Å². The van der Waals surface area contributed by atoms with Crippen LogP contribution in [-0.2, 0) is 0 Å². The van der Waals surface area contributed by atoms with Crippen LogP contribution in [0.3, 0.4) is 0 Å². The number of rotatable bonds is 2. The van der Waals surface area contributed by atoms with Gasteiger partial charge in [-0.05, 0) is 13.2 Å². The van der Waals surface area contributed by atoms with Gasteiger partial charge in [0, 0.05) is 9.33 Å². The molecule has 0 bridgehead atoms. The molecular formula is C7H16S2. The normalized spacial score (nSPS) is 15.7. The molecule has 9 heavy (non-hydrogen) atoms. The molecule has 0 aromatic heterocycles. The van der Waals surface area contributed by atoms with Gasteiger partial charge in [0.25, 0.3) is 0 Å². The number of hydrogen-bond donors (Lipinski definition) is 0. The highest BCUT2D eigenvalue weighted by Gasteiger charge is 2.13. The molecule has 0 nitrogen and oxygen atoms in total. The van der Waals surface area contributed by atoms with Gasteiger partial charge < -0.3 is 0 Å². The lowest BCUT2D eigenvalue weighted by atomic mass is 10.3. The summed E-state index contributed by atoms with van der Waals surface area (Å²) in [5.41, 5.74) is 0. The zero-order valence-electron chi connectivity index (χ0n) is 6.89. The Balaban J connectivity index is 3.47. The van der Waals surface area contributed by atoms with E-state index < -0.39 is 0 Å². The third kappa shape index (κ3) is 6.59. The topological polar surface area (TPSA) is 0 Å². The Morgan fingerprint density at radius 1 is 1.22 bits per heavy atom. The fourth-order valence-electron chi connectivity index (χ4n) is 0.546. The molecule has 2 heteroatoms. The molecule has 0 amide bonds. The maximum Gasteiger partial charge on any atom is 0.0476 e. The second-order valence-corrected chi connectivity index (χ2v) is 6.68. The third-order valence-electron chi connectivity index (χ3n) is 0.851. The first-order valence-electron chi connectivity index (χ1n) is 3.16. The smallest absolute Gasteiger partial charge is 0.0476 e. The van der Waals surface area contributed by atoms with Gasteiger partial charge in [-0.1, -0.05) is 20.8 Å². The SMILES string of the molecule is CSC(C)SC(C)(C)C. The zero-order chi connectivity index (χ0) is 7.49. The van der Waals surface area contributed by atoms with Crippen molar-refractivity contribution in [1.29, 1.82) is 0 Å². The van der Waals surface area contributed by atoms with Crippen LogP contribution in [0.15, 0.2) is 0 Å². The molecule has 0 aromatic rings. The van der Waals surface area contributed by atoms with Crippen LogP contribution in [0.5, 0.6) is 0 Å². The van der Waals surface area contributed by atoms with Gasteiger partial charge in [-0.15, -0.1) is 11.8 Å². The van der Waals surface area contributed by atoms with Crippen LogP contribution in [0, 0.1) is 0 Å². The Bertz CT molecular complexity index is 73.5. The molecule has 0 aromatic carbocycles. The van der Waals surface area contributed by atoms with E-state index in [0.29, 0.717) is 4.75 Å². The van der Waals surface area contributed by atoms with Crippen molar-refractivity contribution in [2.75, 3.05) is 6.26 Å².